The first-order chi connectivity index (χ1) is 11.7. The fraction of sp³-hybridized carbons (Fsp3) is 0. The Morgan fingerprint density at radius 2 is 1.36 bits per heavy atom. The lowest BCUT2D eigenvalue weighted by molar-refractivity contribution is 0.481. The van der Waals surface area contributed by atoms with Gasteiger partial charge in [0, 0.05) is 10.8 Å². The van der Waals surface area contributed by atoms with Crippen LogP contribution in [0.4, 0.5) is 5.69 Å². The van der Waals surface area contributed by atoms with Crippen LogP contribution in [0.3, 0.4) is 0 Å². The highest BCUT2D eigenvalue weighted by molar-refractivity contribution is 7.92. The first-order valence-electron chi connectivity index (χ1n) is 6.99. The molecule has 0 spiro atoms. The highest BCUT2D eigenvalue weighted by Gasteiger charge is 2.19. The summed E-state index contributed by atoms with van der Waals surface area (Å²) < 4.78 is 58.9. The van der Waals surface area contributed by atoms with E-state index in [4.69, 9.17) is 4.55 Å². The highest BCUT2D eigenvalue weighted by atomic mass is 32.2. The number of phenolic OH excluding ortho intramolecular Hbond substituents is 1. The molecule has 25 heavy (non-hydrogen) atoms. The molecule has 0 heterocycles. The Kier molecular flexibility index (Phi) is 4.15. The number of hydrogen-bond acceptors (Lipinski definition) is 5. The normalized spacial score (nSPS) is 12.2. The van der Waals surface area contributed by atoms with E-state index in [-0.39, 0.29) is 16.3 Å². The molecule has 0 radical (unpaired) electrons. The summed E-state index contributed by atoms with van der Waals surface area (Å²) in [4.78, 5) is -0.842. The SMILES string of the molecule is O=S(=O)(O)c1cccc(S(=O)(=O)Nc2cccc3c(O)cccc23)c1. The van der Waals surface area contributed by atoms with E-state index in [0.717, 1.165) is 12.1 Å². The topological polar surface area (TPSA) is 121 Å². The summed E-state index contributed by atoms with van der Waals surface area (Å²) >= 11 is 0. The van der Waals surface area contributed by atoms with Gasteiger partial charge in [-0.1, -0.05) is 30.3 Å². The average Bonchev–Trinajstić information content (AvgIpc) is 2.55. The first kappa shape index (κ1) is 17.2. The second-order valence-electron chi connectivity index (χ2n) is 5.23. The number of aromatic hydroxyl groups is 1. The van der Waals surface area contributed by atoms with Crippen molar-refractivity contribution >= 4 is 36.6 Å². The molecule has 0 saturated carbocycles. The number of rotatable bonds is 4. The molecule has 3 aromatic carbocycles. The summed E-state index contributed by atoms with van der Waals surface area (Å²) in [5.41, 5.74) is 0.227. The van der Waals surface area contributed by atoms with Gasteiger partial charge in [0.2, 0.25) is 0 Å². The molecule has 0 aliphatic rings. The Labute approximate surface area is 144 Å². The summed E-state index contributed by atoms with van der Waals surface area (Å²) in [5.74, 6) is 0.00641. The van der Waals surface area contributed by atoms with Gasteiger partial charge in [0.25, 0.3) is 20.1 Å². The lowest BCUT2D eigenvalue weighted by atomic mass is 10.1. The van der Waals surface area contributed by atoms with Crippen LogP contribution >= 0.6 is 0 Å². The predicted octanol–water partition coefficient (Wildman–Crippen LogP) is 2.59. The fourth-order valence-electron chi connectivity index (χ4n) is 2.39. The molecule has 3 rings (SSSR count). The number of nitrogens with one attached hydrogen (secondary N) is 1. The fourth-order valence-corrected chi connectivity index (χ4v) is 4.11. The molecule has 0 bridgehead atoms. The molecular formula is C16H13NO6S2. The molecule has 0 fully saturated rings. The maximum absolute atomic E-state index is 12.6. The van der Waals surface area contributed by atoms with Crippen LogP contribution in [-0.4, -0.2) is 26.5 Å². The Morgan fingerprint density at radius 3 is 2.08 bits per heavy atom. The minimum absolute atomic E-state index is 0.00641. The van der Waals surface area contributed by atoms with Crippen molar-refractivity contribution < 1.29 is 26.5 Å². The van der Waals surface area contributed by atoms with E-state index in [2.05, 4.69) is 4.72 Å². The number of anilines is 1. The molecule has 130 valence electrons. The lowest BCUT2D eigenvalue weighted by Gasteiger charge is -2.12. The second-order valence-corrected chi connectivity index (χ2v) is 8.34. The Balaban J connectivity index is 2.08. The van der Waals surface area contributed by atoms with E-state index >= 15 is 0 Å². The molecule has 0 amide bonds. The van der Waals surface area contributed by atoms with Crippen molar-refractivity contribution in [3.63, 3.8) is 0 Å². The van der Waals surface area contributed by atoms with Gasteiger partial charge in [-0.3, -0.25) is 9.27 Å². The van der Waals surface area contributed by atoms with Crippen molar-refractivity contribution in [3.8, 4) is 5.75 Å². The van der Waals surface area contributed by atoms with Crippen molar-refractivity contribution in [2.24, 2.45) is 0 Å². The molecule has 3 N–H and O–H groups in total. The van der Waals surface area contributed by atoms with Gasteiger partial charge >= 0.3 is 0 Å². The van der Waals surface area contributed by atoms with Crippen LogP contribution < -0.4 is 4.72 Å². The minimum atomic E-state index is -4.52. The molecule has 0 atom stereocenters. The van der Waals surface area contributed by atoms with Gasteiger partial charge in [0.1, 0.15) is 5.75 Å². The van der Waals surface area contributed by atoms with Crippen LogP contribution in [0.25, 0.3) is 10.8 Å². The number of sulfonamides is 1. The molecular weight excluding hydrogens is 366 g/mol. The number of benzene rings is 3. The lowest BCUT2D eigenvalue weighted by Crippen LogP contribution is -2.14. The van der Waals surface area contributed by atoms with Gasteiger partial charge in [0.05, 0.1) is 15.5 Å². The van der Waals surface area contributed by atoms with Gasteiger partial charge in [-0.25, -0.2) is 8.42 Å². The highest BCUT2D eigenvalue weighted by Crippen LogP contribution is 2.31. The zero-order chi connectivity index (χ0) is 18.2. The largest absolute Gasteiger partial charge is 0.507 e. The zero-order valence-electron chi connectivity index (χ0n) is 12.6. The summed E-state index contributed by atoms with van der Waals surface area (Å²) in [6.07, 6.45) is 0. The predicted molar refractivity (Wildman–Crippen MR) is 92.7 cm³/mol. The Bertz CT molecular complexity index is 1170. The van der Waals surface area contributed by atoms with Crippen molar-refractivity contribution in [1.82, 2.24) is 0 Å². The molecule has 3 aromatic rings. The van der Waals surface area contributed by atoms with Gasteiger partial charge in [0.15, 0.2) is 0 Å². The third-order valence-electron chi connectivity index (χ3n) is 3.56. The minimum Gasteiger partial charge on any atom is -0.507 e. The van der Waals surface area contributed by atoms with Crippen LogP contribution in [0.2, 0.25) is 0 Å². The third kappa shape index (κ3) is 3.43. The Morgan fingerprint density at radius 1 is 0.760 bits per heavy atom. The number of phenols is 1. The summed E-state index contributed by atoms with van der Waals surface area (Å²) in [6.45, 7) is 0. The standard InChI is InChI=1S/C16H13NO6S2/c18-16-9-3-6-13-14(16)7-2-8-15(13)17-24(19,20)11-4-1-5-12(10-11)25(21,22)23/h1-10,17-18H,(H,21,22,23). The maximum atomic E-state index is 12.6. The smallest absolute Gasteiger partial charge is 0.294 e. The molecule has 0 aliphatic heterocycles. The van der Waals surface area contributed by atoms with E-state index in [0.29, 0.717) is 10.8 Å². The molecule has 0 unspecified atom stereocenters. The summed E-state index contributed by atoms with van der Waals surface area (Å²) in [7, 11) is -8.63. The van der Waals surface area contributed by atoms with E-state index in [9.17, 15) is 21.9 Å². The van der Waals surface area contributed by atoms with Gasteiger partial charge in [-0.15, -0.1) is 0 Å². The first-order valence-corrected chi connectivity index (χ1v) is 9.92. The van der Waals surface area contributed by atoms with Gasteiger partial charge in [-0.05, 0) is 30.3 Å². The number of hydrogen-bond donors (Lipinski definition) is 3. The van der Waals surface area contributed by atoms with Crippen LogP contribution in [0.5, 0.6) is 5.75 Å². The average molecular weight is 379 g/mol. The van der Waals surface area contributed by atoms with E-state index in [1.807, 2.05) is 0 Å². The maximum Gasteiger partial charge on any atom is 0.294 e. The van der Waals surface area contributed by atoms with Crippen molar-refractivity contribution in [3.05, 3.63) is 60.7 Å². The van der Waals surface area contributed by atoms with E-state index in [1.165, 1.54) is 24.3 Å². The van der Waals surface area contributed by atoms with Crippen LogP contribution in [0.1, 0.15) is 0 Å². The monoisotopic (exact) mass is 379 g/mol. The Hall–Kier alpha value is -2.62. The van der Waals surface area contributed by atoms with Crippen LogP contribution in [-0.2, 0) is 20.1 Å². The van der Waals surface area contributed by atoms with Gasteiger partial charge < -0.3 is 5.11 Å². The summed E-state index contributed by atoms with van der Waals surface area (Å²) in [6, 6.07) is 13.8. The molecule has 0 saturated heterocycles. The number of fused-ring (bicyclic) bond motifs is 1. The van der Waals surface area contributed by atoms with E-state index < -0.39 is 25.0 Å². The summed E-state index contributed by atoms with van der Waals surface area (Å²) in [5, 5.41) is 10.8. The van der Waals surface area contributed by atoms with Crippen LogP contribution in [0, 0.1) is 0 Å². The van der Waals surface area contributed by atoms with Crippen molar-refractivity contribution in [2.45, 2.75) is 9.79 Å². The molecule has 9 heteroatoms. The van der Waals surface area contributed by atoms with Crippen molar-refractivity contribution in [2.75, 3.05) is 4.72 Å². The molecule has 0 aliphatic carbocycles. The van der Waals surface area contributed by atoms with Crippen LogP contribution in [0.15, 0.2) is 70.5 Å². The quantitative estimate of drug-likeness (QED) is 0.599. The third-order valence-corrected chi connectivity index (χ3v) is 5.77. The van der Waals surface area contributed by atoms with E-state index in [1.54, 1.807) is 24.3 Å². The molecule has 0 aromatic heterocycles. The molecule has 7 nitrogen and oxygen atoms in total. The zero-order valence-corrected chi connectivity index (χ0v) is 14.3. The van der Waals surface area contributed by atoms with Crippen molar-refractivity contribution in [1.29, 1.82) is 0 Å². The van der Waals surface area contributed by atoms with Gasteiger partial charge in [-0.2, -0.15) is 8.42 Å². The second kappa shape index (κ2) is 6.03.